The number of carbonyl (C=O) groups excluding carboxylic acids is 1. The van der Waals surface area contributed by atoms with Crippen LogP contribution in [-0.2, 0) is 9.53 Å². The number of aliphatic imine (C=N–C) groups is 1. The van der Waals surface area contributed by atoms with Crippen LogP contribution >= 0.6 is 0 Å². The van der Waals surface area contributed by atoms with Gasteiger partial charge in [-0.3, -0.25) is 19.6 Å². The Morgan fingerprint density at radius 3 is 2.13 bits per heavy atom. The Morgan fingerprint density at radius 2 is 1.55 bits per heavy atom. The van der Waals surface area contributed by atoms with Crippen LogP contribution < -0.4 is 5.32 Å². The zero-order valence-corrected chi connectivity index (χ0v) is 20.2. The summed E-state index contributed by atoms with van der Waals surface area (Å²) < 4.78 is 5.54. The summed E-state index contributed by atoms with van der Waals surface area (Å²) in [5.74, 6) is 1.87. The highest BCUT2D eigenvalue weighted by Crippen LogP contribution is 2.16. The first-order valence-electron chi connectivity index (χ1n) is 12.4. The van der Waals surface area contributed by atoms with Gasteiger partial charge in [-0.1, -0.05) is 13.8 Å². The fraction of sp³-hybridized carbons (Fsp3) is 0.913. The van der Waals surface area contributed by atoms with Gasteiger partial charge in [-0.2, -0.15) is 0 Å². The summed E-state index contributed by atoms with van der Waals surface area (Å²) in [6.45, 7) is 19.6. The van der Waals surface area contributed by atoms with Crippen molar-refractivity contribution < 1.29 is 9.53 Å². The second-order valence-electron chi connectivity index (χ2n) is 9.39. The highest BCUT2D eigenvalue weighted by atomic mass is 16.5. The van der Waals surface area contributed by atoms with Gasteiger partial charge < -0.3 is 19.9 Å². The SMILES string of the molecule is CCNC(=NCC(C(C)C)N1CCOCC1)N1CCN(C(C)C(=O)N2CCCC2)CC1. The fourth-order valence-electron chi connectivity index (χ4n) is 4.94. The Kier molecular flexibility index (Phi) is 9.41. The van der Waals surface area contributed by atoms with Gasteiger partial charge in [-0.15, -0.1) is 0 Å². The Labute approximate surface area is 189 Å². The smallest absolute Gasteiger partial charge is 0.239 e. The number of likely N-dealkylation sites (tertiary alicyclic amines) is 1. The number of nitrogens with zero attached hydrogens (tertiary/aromatic N) is 5. The molecule has 0 radical (unpaired) electrons. The van der Waals surface area contributed by atoms with E-state index in [0.717, 1.165) is 97.5 Å². The molecule has 2 unspecified atom stereocenters. The molecule has 3 aliphatic heterocycles. The lowest BCUT2D eigenvalue weighted by Gasteiger charge is -2.40. The first-order chi connectivity index (χ1) is 15.0. The number of guanidine groups is 1. The second-order valence-corrected chi connectivity index (χ2v) is 9.39. The monoisotopic (exact) mass is 436 g/mol. The van der Waals surface area contributed by atoms with Crippen LogP contribution in [0.1, 0.15) is 40.5 Å². The minimum atomic E-state index is -0.0218. The van der Waals surface area contributed by atoms with Crippen molar-refractivity contribution in [3.8, 4) is 0 Å². The van der Waals surface area contributed by atoms with Crippen molar-refractivity contribution in [1.29, 1.82) is 0 Å². The highest BCUT2D eigenvalue weighted by Gasteiger charge is 2.31. The van der Waals surface area contributed by atoms with Crippen LogP contribution in [0.25, 0.3) is 0 Å². The van der Waals surface area contributed by atoms with Crippen molar-refractivity contribution in [2.75, 3.05) is 78.7 Å². The summed E-state index contributed by atoms with van der Waals surface area (Å²) >= 11 is 0. The second kappa shape index (κ2) is 12.0. The van der Waals surface area contributed by atoms with Gasteiger partial charge in [0.25, 0.3) is 0 Å². The standard InChI is InChI=1S/C23H44N6O2/c1-5-24-23(25-18-21(19(2)3)27-14-16-31-17-15-27)29-12-10-26(11-13-29)20(4)22(30)28-8-6-7-9-28/h19-21H,5-18H2,1-4H3,(H,24,25). The third-order valence-electron chi connectivity index (χ3n) is 6.98. The van der Waals surface area contributed by atoms with Crippen molar-refractivity contribution in [1.82, 2.24) is 24.9 Å². The number of carbonyl (C=O) groups is 1. The minimum absolute atomic E-state index is 0.0218. The molecule has 3 heterocycles. The fourth-order valence-corrected chi connectivity index (χ4v) is 4.94. The lowest BCUT2D eigenvalue weighted by molar-refractivity contribution is -0.135. The van der Waals surface area contributed by atoms with Crippen LogP contribution in [0.5, 0.6) is 0 Å². The van der Waals surface area contributed by atoms with Gasteiger partial charge in [-0.05, 0) is 32.6 Å². The van der Waals surface area contributed by atoms with Crippen molar-refractivity contribution >= 4 is 11.9 Å². The molecule has 0 aromatic rings. The lowest BCUT2D eigenvalue weighted by atomic mass is 10.0. The van der Waals surface area contributed by atoms with E-state index in [1.54, 1.807) is 0 Å². The van der Waals surface area contributed by atoms with E-state index in [1.165, 1.54) is 0 Å². The molecule has 3 fully saturated rings. The molecule has 3 rings (SSSR count). The van der Waals surface area contributed by atoms with E-state index >= 15 is 0 Å². The van der Waals surface area contributed by atoms with Crippen LogP contribution in [0.3, 0.4) is 0 Å². The molecule has 8 nitrogen and oxygen atoms in total. The highest BCUT2D eigenvalue weighted by molar-refractivity contribution is 5.82. The number of morpholine rings is 1. The van der Waals surface area contributed by atoms with Crippen molar-refractivity contribution in [2.24, 2.45) is 10.9 Å². The number of hydrogen-bond donors (Lipinski definition) is 1. The molecule has 178 valence electrons. The van der Waals surface area contributed by atoms with Gasteiger partial charge in [-0.25, -0.2) is 0 Å². The van der Waals surface area contributed by atoms with E-state index in [2.05, 4.69) is 47.7 Å². The molecule has 2 atom stereocenters. The molecule has 0 aromatic carbocycles. The molecular weight excluding hydrogens is 392 g/mol. The lowest BCUT2D eigenvalue weighted by Crippen LogP contribution is -2.57. The normalized spacial score (nSPS) is 24.0. The summed E-state index contributed by atoms with van der Waals surface area (Å²) in [5.41, 5.74) is 0. The van der Waals surface area contributed by atoms with E-state index in [1.807, 2.05) is 4.90 Å². The Hall–Kier alpha value is -1.38. The van der Waals surface area contributed by atoms with E-state index in [0.29, 0.717) is 17.9 Å². The maximum Gasteiger partial charge on any atom is 0.239 e. The summed E-state index contributed by atoms with van der Waals surface area (Å²) in [6.07, 6.45) is 2.30. The summed E-state index contributed by atoms with van der Waals surface area (Å²) in [6, 6.07) is 0.420. The van der Waals surface area contributed by atoms with Crippen molar-refractivity contribution in [2.45, 2.75) is 52.6 Å². The average Bonchev–Trinajstić information content (AvgIpc) is 3.33. The molecular formula is C23H44N6O2. The first kappa shape index (κ1) is 24.3. The molecule has 8 heteroatoms. The molecule has 0 spiro atoms. The number of hydrogen-bond acceptors (Lipinski definition) is 5. The summed E-state index contributed by atoms with van der Waals surface area (Å²) in [4.78, 5) is 27.1. The predicted molar refractivity (Wildman–Crippen MR) is 125 cm³/mol. The topological polar surface area (TPSA) is 63.7 Å². The molecule has 0 saturated carbocycles. The maximum absolute atomic E-state index is 12.8. The van der Waals surface area contributed by atoms with Crippen LogP contribution in [0.15, 0.2) is 4.99 Å². The van der Waals surface area contributed by atoms with Gasteiger partial charge in [0.05, 0.1) is 25.8 Å². The van der Waals surface area contributed by atoms with Crippen LogP contribution in [0.4, 0.5) is 0 Å². The van der Waals surface area contributed by atoms with E-state index in [9.17, 15) is 4.79 Å². The molecule has 1 amide bonds. The molecule has 0 aliphatic carbocycles. The quantitative estimate of drug-likeness (QED) is 0.473. The summed E-state index contributed by atoms with van der Waals surface area (Å²) in [5, 5.41) is 3.50. The Bertz CT molecular complexity index is 579. The van der Waals surface area contributed by atoms with Gasteiger partial charge in [0.15, 0.2) is 5.96 Å². The molecule has 1 N–H and O–H groups in total. The van der Waals surface area contributed by atoms with Crippen LogP contribution in [-0.4, -0.2) is 122 Å². The van der Waals surface area contributed by atoms with E-state index < -0.39 is 0 Å². The average molecular weight is 437 g/mol. The molecule has 0 bridgehead atoms. The van der Waals surface area contributed by atoms with E-state index in [-0.39, 0.29) is 6.04 Å². The Morgan fingerprint density at radius 1 is 0.903 bits per heavy atom. The predicted octanol–water partition coefficient (Wildman–Crippen LogP) is 0.937. The third kappa shape index (κ3) is 6.56. The third-order valence-corrected chi connectivity index (χ3v) is 6.98. The van der Waals surface area contributed by atoms with Gasteiger partial charge in [0.1, 0.15) is 0 Å². The zero-order chi connectivity index (χ0) is 22.2. The number of rotatable bonds is 7. The molecule has 3 saturated heterocycles. The van der Waals surface area contributed by atoms with Gasteiger partial charge >= 0.3 is 0 Å². The van der Waals surface area contributed by atoms with Crippen molar-refractivity contribution in [3.05, 3.63) is 0 Å². The van der Waals surface area contributed by atoms with Crippen molar-refractivity contribution in [3.63, 3.8) is 0 Å². The number of amides is 1. The molecule has 31 heavy (non-hydrogen) atoms. The molecule has 0 aromatic heterocycles. The van der Waals surface area contributed by atoms with Gasteiger partial charge in [0.2, 0.25) is 5.91 Å². The maximum atomic E-state index is 12.8. The number of piperazine rings is 1. The van der Waals surface area contributed by atoms with Gasteiger partial charge in [0, 0.05) is 64.9 Å². The molecule has 3 aliphatic rings. The zero-order valence-electron chi connectivity index (χ0n) is 20.2. The van der Waals surface area contributed by atoms with Crippen LogP contribution in [0.2, 0.25) is 0 Å². The first-order valence-corrected chi connectivity index (χ1v) is 12.4. The number of nitrogens with one attached hydrogen (secondary N) is 1. The van der Waals surface area contributed by atoms with Crippen LogP contribution in [0, 0.1) is 5.92 Å². The number of ether oxygens (including phenoxy) is 1. The van der Waals surface area contributed by atoms with E-state index in [4.69, 9.17) is 9.73 Å². The Balaban J connectivity index is 1.55. The minimum Gasteiger partial charge on any atom is -0.379 e. The summed E-state index contributed by atoms with van der Waals surface area (Å²) in [7, 11) is 0. The largest absolute Gasteiger partial charge is 0.379 e.